The van der Waals surface area contributed by atoms with Crippen LogP contribution in [0, 0.1) is 0 Å². The third-order valence-corrected chi connectivity index (χ3v) is 18.7. The zero-order valence-electron chi connectivity index (χ0n) is 41.9. The van der Waals surface area contributed by atoms with Gasteiger partial charge in [0.15, 0.2) is 0 Å². The van der Waals surface area contributed by atoms with Crippen LogP contribution in [-0.4, -0.2) is 13.4 Å². The number of para-hydroxylation sites is 3. The molecule has 2 aromatic heterocycles. The average Bonchev–Trinajstić information content (AvgIpc) is 4.25. The van der Waals surface area contributed by atoms with Crippen LogP contribution in [0.3, 0.4) is 0 Å². The van der Waals surface area contributed by atoms with Crippen molar-refractivity contribution >= 4 is 122 Å². The van der Waals surface area contributed by atoms with Gasteiger partial charge in [0.05, 0.1) is 5.69 Å². The number of hydrogen-bond donors (Lipinski definition) is 0. The Morgan fingerprint density at radius 1 is 0.321 bits per heavy atom. The van der Waals surface area contributed by atoms with Gasteiger partial charge >= 0.3 is 0 Å². The van der Waals surface area contributed by atoms with E-state index in [1.807, 2.05) is 22.7 Å². The molecule has 0 N–H and O–H groups in total. The zero-order chi connectivity index (χ0) is 51.0. The van der Waals surface area contributed by atoms with Crippen LogP contribution in [0.25, 0.3) is 64.0 Å². The van der Waals surface area contributed by atoms with Crippen molar-refractivity contribution in [1.82, 2.24) is 0 Å². The summed E-state index contributed by atoms with van der Waals surface area (Å²) in [4.78, 5) is 6.21. The van der Waals surface area contributed by atoms with Gasteiger partial charge in [0.1, 0.15) is 23.0 Å². The maximum Gasteiger partial charge on any atom is 0.268 e. The molecule has 11 aromatic carbocycles. The van der Waals surface area contributed by atoms with Crippen LogP contribution >= 0.6 is 22.7 Å². The zero-order valence-corrected chi connectivity index (χ0v) is 43.6. The Hall–Kier alpha value is -9.33. The molecule has 0 saturated heterocycles. The predicted molar refractivity (Wildman–Crippen MR) is 331 cm³/mol. The van der Waals surface area contributed by atoms with E-state index in [0.29, 0.717) is 0 Å². The molecular formula is C70H42B2N2O2S2. The van der Waals surface area contributed by atoms with Crippen LogP contribution in [-0.2, 0) is 0 Å². The molecule has 0 aliphatic carbocycles. The second kappa shape index (κ2) is 17.1. The van der Waals surface area contributed by atoms with Gasteiger partial charge in [0.25, 0.3) is 13.4 Å². The number of thiophene rings is 2. The molecule has 362 valence electrons. The van der Waals surface area contributed by atoms with Crippen LogP contribution < -0.4 is 51.4 Å². The Kier molecular flexibility index (Phi) is 9.61. The highest BCUT2D eigenvalue weighted by Crippen LogP contribution is 2.53. The molecule has 8 heteroatoms. The van der Waals surface area contributed by atoms with Crippen molar-refractivity contribution in [3.8, 4) is 66.8 Å². The predicted octanol–water partition coefficient (Wildman–Crippen LogP) is 15.6. The van der Waals surface area contributed by atoms with Crippen LogP contribution in [0.15, 0.2) is 255 Å². The first-order valence-electron chi connectivity index (χ1n) is 26.6. The smallest absolute Gasteiger partial charge is 0.268 e. The molecule has 0 amide bonds. The quantitative estimate of drug-likeness (QED) is 0.155. The summed E-state index contributed by atoms with van der Waals surface area (Å²) in [7, 11) is 0. The van der Waals surface area contributed by atoms with Gasteiger partial charge < -0.3 is 19.3 Å². The minimum atomic E-state index is -0.119. The maximum atomic E-state index is 7.38. The van der Waals surface area contributed by atoms with Gasteiger partial charge in [-0.3, -0.25) is 0 Å². The second-order valence-electron chi connectivity index (χ2n) is 20.6. The van der Waals surface area contributed by atoms with Crippen LogP contribution in [0.4, 0.5) is 34.1 Å². The summed E-state index contributed by atoms with van der Waals surface area (Å²) in [6.07, 6.45) is 0. The third-order valence-electron chi connectivity index (χ3n) is 16.3. The lowest BCUT2D eigenvalue weighted by Gasteiger charge is -2.40. The highest BCUT2D eigenvalue weighted by Gasteiger charge is 2.47. The fourth-order valence-electron chi connectivity index (χ4n) is 13.0. The lowest BCUT2D eigenvalue weighted by atomic mass is 9.34. The molecule has 0 spiro atoms. The Morgan fingerprint density at radius 2 is 0.769 bits per heavy atom. The van der Waals surface area contributed by atoms with E-state index in [4.69, 9.17) is 9.47 Å². The van der Waals surface area contributed by atoms with Gasteiger partial charge in [-0.25, -0.2) is 0 Å². The highest BCUT2D eigenvalue weighted by molar-refractivity contribution is 7.32. The number of benzene rings is 11. The van der Waals surface area contributed by atoms with Crippen molar-refractivity contribution in [2.75, 3.05) is 9.80 Å². The number of fused-ring (bicyclic) bond motifs is 11. The lowest BCUT2D eigenvalue weighted by molar-refractivity contribution is 0.488. The Balaban J connectivity index is 0.913. The minimum absolute atomic E-state index is 0.0582. The average molecular weight is 1030 g/mol. The van der Waals surface area contributed by atoms with Gasteiger partial charge in [-0.05, 0) is 127 Å². The van der Waals surface area contributed by atoms with E-state index in [9.17, 15) is 0 Å². The number of rotatable bonds is 6. The number of ether oxygens (including phenoxy) is 2. The first kappa shape index (κ1) is 43.9. The van der Waals surface area contributed by atoms with E-state index in [2.05, 4.69) is 265 Å². The molecule has 0 unspecified atom stereocenters. The summed E-state index contributed by atoms with van der Waals surface area (Å²) < 4.78 is 18.3. The van der Waals surface area contributed by atoms with Crippen molar-refractivity contribution in [3.63, 3.8) is 0 Å². The van der Waals surface area contributed by atoms with Crippen molar-refractivity contribution in [2.24, 2.45) is 0 Å². The fourth-order valence-corrected chi connectivity index (χ4v) is 15.6. The standard InChI is InChI=1S/C70H42B2N2O2S2/c1-7-21-43(22-8-1)47-35-57-66-61(37-47)75-59-41-63-51(39-54(59)71(66)53-33-19-20-34-56(53)73(57)49-29-15-5-16-30-49)52-40-55-60(42-64(52)77-63)76-62-38-48(44-23-9-2-10-24-44)36-58-67(62)72(55)70-68(74(58)50-31-17-6-18-32-50)65(45-25-11-3-12-26-45)69(78-70)46-27-13-4-14-28-46/h1-42H. The maximum absolute atomic E-state index is 7.38. The number of hydrogen-bond acceptors (Lipinski definition) is 6. The summed E-state index contributed by atoms with van der Waals surface area (Å²) in [6, 6.07) is 92.9. The van der Waals surface area contributed by atoms with E-state index in [0.717, 1.165) is 68.0 Å². The third kappa shape index (κ3) is 6.54. The number of nitrogens with zero attached hydrogens (tertiary/aromatic N) is 2. The summed E-state index contributed by atoms with van der Waals surface area (Å²) >= 11 is 3.74. The molecule has 6 heterocycles. The molecule has 4 aliphatic heterocycles. The van der Waals surface area contributed by atoms with Crippen molar-refractivity contribution in [2.45, 2.75) is 0 Å². The largest absolute Gasteiger partial charge is 0.458 e. The molecule has 0 atom stereocenters. The normalized spacial score (nSPS) is 13.2. The molecule has 4 aliphatic rings. The molecule has 13 aromatic rings. The fraction of sp³-hybridized carbons (Fsp3) is 0. The monoisotopic (exact) mass is 1030 g/mol. The molecule has 78 heavy (non-hydrogen) atoms. The minimum Gasteiger partial charge on any atom is -0.458 e. The van der Waals surface area contributed by atoms with Gasteiger partial charge in [-0.2, -0.15) is 0 Å². The molecule has 0 saturated carbocycles. The Labute approximate surface area is 460 Å². The van der Waals surface area contributed by atoms with Gasteiger partial charge in [0, 0.05) is 63.8 Å². The number of anilines is 6. The van der Waals surface area contributed by atoms with Crippen LogP contribution in [0.5, 0.6) is 23.0 Å². The molecular weight excluding hydrogens is 987 g/mol. The second-order valence-corrected chi connectivity index (χ2v) is 22.8. The molecule has 0 radical (unpaired) electrons. The van der Waals surface area contributed by atoms with Crippen molar-refractivity contribution in [1.29, 1.82) is 0 Å². The van der Waals surface area contributed by atoms with Crippen molar-refractivity contribution in [3.05, 3.63) is 255 Å². The van der Waals surface area contributed by atoms with Crippen LogP contribution in [0.1, 0.15) is 0 Å². The van der Waals surface area contributed by atoms with E-state index in [1.165, 1.54) is 85.2 Å². The molecule has 17 rings (SSSR count). The molecule has 0 bridgehead atoms. The van der Waals surface area contributed by atoms with E-state index in [-0.39, 0.29) is 13.4 Å². The van der Waals surface area contributed by atoms with Gasteiger partial charge in [0.2, 0.25) is 0 Å². The Morgan fingerprint density at radius 3 is 1.33 bits per heavy atom. The Bertz CT molecular complexity index is 4570. The van der Waals surface area contributed by atoms with Crippen LogP contribution in [0.2, 0.25) is 0 Å². The first-order valence-corrected chi connectivity index (χ1v) is 28.2. The highest BCUT2D eigenvalue weighted by atomic mass is 32.1. The topological polar surface area (TPSA) is 24.9 Å². The summed E-state index contributed by atoms with van der Waals surface area (Å²) in [5, 5.41) is 2.45. The summed E-state index contributed by atoms with van der Waals surface area (Å²) in [6.45, 7) is -0.177. The van der Waals surface area contributed by atoms with E-state index in [1.54, 1.807) is 0 Å². The van der Waals surface area contributed by atoms with Gasteiger partial charge in [-0.1, -0.05) is 188 Å². The van der Waals surface area contributed by atoms with Crippen molar-refractivity contribution < 1.29 is 9.47 Å². The van der Waals surface area contributed by atoms with E-state index >= 15 is 0 Å². The van der Waals surface area contributed by atoms with Gasteiger partial charge in [-0.15, -0.1) is 22.7 Å². The summed E-state index contributed by atoms with van der Waals surface area (Å²) in [5.74, 6) is 3.58. The SMILES string of the molecule is c1ccc(-c2cc3c4c(c2)N(c2ccccc2)c2ccccc2B4c2cc4c(cc2O3)sc2cc3c(cc24)B2c4sc(-c5ccccc5)c(-c5ccccc5)c4N(c4ccccc4)c4cc(-c5ccccc5)cc(c42)O3)cc1. The molecule has 4 nitrogen and oxygen atoms in total. The first-order chi connectivity index (χ1) is 38.7. The summed E-state index contributed by atoms with van der Waals surface area (Å²) in [5.41, 5.74) is 21.0. The van der Waals surface area contributed by atoms with E-state index < -0.39 is 0 Å². The lowest BCUT2D eigenvalue weighted by Crippen LogP contribution is -2.59. The molecule has 0 fully saturated rings.